The van der Waals surface area contributed by atoms with Crippen molar-refractivity contribution in [3.8, 4) is 0 Å². The number of nitrogens with two attached hydrogens (primary N) is 1. The van der Waals surface area contributed by atoms with Gasteiger partial charge in [-0.1, -0.05) is 13.8 Å². The molecule has 0 saturated heterocycles. The van der Waals surface area contributed by atoms with E-state index < -0.39 is 4.87 Å². The van der Waals surface area contributed by atoms with E-state index in [1.54, 1.807) is 0 Å². The molecule has 0 bridgehead atoms. The summed E-state index contributed by atoms with van der Waals surface area (Å²) in [5.74, 6) is 0. The molecular weight excluding hydrogens is 218 g/mol. The molecule has 16 heavy (non-hydrogen) atoms. The van der Waals surface area contributed by atoms with Gasteiger partial charge in [0.25, 0.3) is 0 Å². The molecule has 0 fully saturated rings. The van der Waals surface area contributed by atoms with Crippen LogP contribution in [-0.4, -0.2) is 16.1 Å². The number of ether oxygens (including phenoxy) is 1. The summed E-state index contributed by atoms with van der Waals surface area (Å²) in [5, 5.41) is 0. The Labute approximate surface area is 107 Å². The minimum absolute atomic E-state index is 0.0362. The van der Waals surface area contributed by atoms with Crippen LogP contribution in [0.3, 0.4) is 0 Å². The molecule has 0 saturated carbocycles. The Hall–Kier alpha value is 0.270. The molecule has 0 spiro atoms. The molecule has 1 unspecified atom stereocenters. The minimum atomic E-state index is -0.470. The van der Waals surface area contributed by atoms with E-state index >= 15 is 0 Å². The molecule has 0 rings (SSSR count). The molecule has 0 heterocycles. The Kier molecular flexibility index (Phi) is 4.58. The van der Waals surface area contributed by atoms with Crippen molar-refractivity contribution in [1.82, 2.24) is 0 Å². The normalized spacial score (nSPS) is 18.4. The van der Waals surface area contributed by atoms with Gasteiger partial charge in [-0.05, 0) is 53.4 Å². The van der Waals surface area contributed by atoms with Crippen molar-refractivity contribution in [3.05, 3.63) is 0 Å². The van der Waals surface area contributed by atoms with Crippen molar-refractivity contribution in [2.24, 2.45) is 11.1 Å². The van der Waals surface area contributed by atoms with Gasteiger partial charge in [-0.15, -0.1) is 0 Å². The van der Waals surface area contributed by atoms with Crippen molar-refractivity contribution in [2.75, 3.05) is 0 Å². The molecule has 0 aromatic heterocycles. The molecule has 98 valence electrons. The van der Waals surface area contributed by atoms with Crippen LogP contribution in [0.2, 0.25) is 0 Å². The maximum Gasteiger partial charge on any atom is 0.0685 e. The Morgan fingerprint density at radius 3 is 1.56 bits per heavy atom. The SMILES string of the molecule is CC(N)(S)CC(C)(C)C(C)(C)OC(C)(C)C. The van der Waals surface area contributed by atoms with E-state index in [9.17, 15) is 0 Å². The average Bonchev–Trinajstić information content (AvgIpc) is 1.72. The summed E-state index contributed by atoms with van der Waals surface area (Å²) in [5.41, 5.74) is 5.56. The first-order chi connectivity index (χ1) is 6.66. The van der Waals surface area contributed by atoms with Crippen LogP contribution in [-0.2, 0) is 4.74 Å². The van der Waals surface area contributed by atoms with Gasteiger partial charge in [0.15, 0.2) is 0 Å². The highest BCUT2D eigenvalue weighted by Gasteiger charge is 2.43. The van der Waals surface area contributed by atoms with Crippen LogP contribution in [0.15, 0.2) is 0 Å². The first-order valence-electron chi connectivity index (χ1n) is 5.88. The third-order valence-corrected chi connectivity index (χ3v) is 3.15. The lowest BCUT2D eigenvalue weighted by molar-refractivity contribution is -0.170. The highest BCUT2D eigenvalue weighted by Crippen LogP contribution is 2.42. The summed E-state index contributed by atoms with van der Waals surface area (Å²) in [7, 11) is 0. The molecule has 0 aliphatic carbocycles. The molecule has 0 aliphatic heterocycles. The monoisotopic (exact) mass is 247 g/mol. The second-order valence-corrected chi connectivity index (χ2v) is 8.16. The van der Waals surface area contributed by atoms with E-state index in [0.29, 0.717) is 0 Å². The van der Waals surface area contributed by atoms with E-state index in [-0.39, 0.29) is 16.6 Å². The van der Waals surface area contributed by atoms with E-state index in [2.05, 4.69) is 61.1 Å². The lowest BCUT2D eigenvalue weighted by Gasteiger charge is -2.47. The van der Waals surface area contributed by atoms with Crippen molar-refractivity contribution in [2.45, 2.75) is 77.9 Å². The number of hydrogen-bond acceptors (Lipinski definition) is 3. The van der Waals surface area contributed by atoms with Crippen LogP contribution in [0.25, 0.3) is 0 Å². The number of hydrogen-bond donors (Lipinski definition) is 2. The molecule has 0 aromatic rings. The third-order valence-electron chi connectivity index (χ3n) is 2.99. The molecule has 3 heteroatoms. The zero-order valence-electron chi connectivity index (χ0n) is 12.1. The zero-order valence-corrected chi connectivity index (χ0v) is 13.0. The summed E-state index contributed by atoms with van der Waals surface area (Å²) in [6, 6.07) is 0. The molecular formula is C13H29NOS. The summed E-state index contributed by atoms with van der Waals surface area (Å²) in [6.45, 7) is 16.8. The largest absolute Gasteiger partial charge is 0.369 e. The lowest BCUT2D eigenvalue weighted by atomic mass is 9.72. The Morgan fingerprint density at radius 2 is 1.31 bits per heavy atom. The van der Waals surface area contributed by atoms with Crippen LogP contribution < -0.4 is 5.73 Å². The van der Waals surface area contributed by atoms with Gasteiger partial charge in [0.1, 0.15) is 0 Å². The van der Waals surface area contributed by atoms with Crippen molar-refractivity contribution < 1.29 is 4.74 Å². The maximum absolute atomic E-state index is 6.15. The van der Waals surface area contributed by atoms with Gasteiger partial charge in [-0.2, -0.15) is 12.6 Å². The first-order valence-corrected chi connectivity index (χ1v) is 6.32. The number of rotatable bonds is 4. The summed E-state index contributed by atoms with van der Waals surface area (Å²) < 4.78 is 6.15. The molecule has 0 aliphatic rings. The topological polar surface area (TPSA) is 35.2 Å². The summed E-state index contributed by atoms with van der Waals surface area (Å²) in [4.78, 5) is -0.470. The van der Waals surface area contributed by atoms with E-state index in [1.165, 1.54) is 0 Å². The minimum Gasteiger partial charge on any atom is -0.369 e. The predicted molar refractivity (Wildman–Crippen MR) is 74.9 cm³/mol. The van der Waals surface area contributed by atoms with Crippen LogP contribution in [0.5, 0.6) is 0 Å². The molecule has 0 aromatic carbocycles. The van der Waals surface area contributed by atoms with E-state index in [4.69, 9.17) is 10.5 Å². The summed E-state index contributed by atoms with van der Waals surface area (Å²) in [6.07, 6.45) is 0.798. The second kappa shape index (κ2) is 4.51. The van der Waals surface area contributed by atoms with Crippen LogP contribution in [0, 0.1) is 5.41 Å². The first kappa shape index (κ1) is 16.3. The fourth-order valence-corrected chi connectivity index (χ4v) is 2.41. The van der Waals surface area contributed by atoms with Gasteiger partial charge in [-0.3, -0.25) is 0 Å². The van der Waals surface area contributed by atoms with Crippen LogP contribution >= 0.6 is 12.6 Å². The van der Waals surface area contributed by atoms with Crippen molar-refractivity contribution in [3.63, 3.8) is 0 Å². The highest BCUT2D eigenvalue weighted by molar-refractivity contribution is 7.81. The van der Waals surface area contributed by atoms with Crippen LogP contribution in [0.4, 0.5) is 0 Å². The highest BCUT2D eigenvalue weighted by atomic mass is 32.1. The van der Waals surface area contributed by atoms with Gasteiger partial charge in [0.05, 0.1) is 16.1 Å². The molecule has 2 nitrogen and oxygen atoms in total. The number of thiol groups is 1. The average molecular weight is 247 g/mol. The van der Waals surface area contributed by atoms with Gasteiger partial charge < -0.3 is 10.5 Å². The maximum atomic E-state index is 6.15. The Morgan fingerprint density at radius 1 is 0.938 bits per heavy atom. The molecule has 0 amide bonds. The summed E-state index contributed by atoms with van der Waals surface area (Å²) >= 11 is 4.41. The van der Waals surface area contributed by atoms with Gasteiger partial charge in [-0.25, -0.2) is 0 Å². The zero-order chi connectivity index (χ0) is 13.4. The van der Waals surface area contributed by atoms with Gasteiger partial charge in [0.2, 0.25) is 0 Å². The Bertz CT molecular complexity index is 207. The van der Waals surface area contributed by atoms with Crippen molar-refractivity contribution >= 4 is 12.6 Å². The van der Waals surface area contributed by atoms with Gasteiger partial charge in [0, 0.05) is 0 Å². The standard InChI is InChI=1S/C13H29NOS/c1-10(2,3)15-12(6,7)11(4,5)9-13(8,14)16/h16H,9,14H2,1-8H3. The Balaban J connectivity index is 4.85. The smallest absolute Gasteiger partial charge is 0.0685 e. The second-order valence-electron chi connectivity index (χ2n) is 7.14. The predicted octanol–water partition coefficient (Wildman–Crippen LogP) is 3.60. The fraction of sp³-hybridized carbons (Fsp3) is 1.00. The van der Waals surface area contributed by atoms with Crippen molar-refractivity contribution in [1.29, 1.82) is 0 Å². The quantitative estimate of drug-likeness (QED) is 0.588. The third kappa shape index (κ3) is 5.55. The molecule has 2 N–H and O–H groups in total. The fourth-order valence-electron chi connectivity index (χ4n) is 2.01. The van der Waals surface area contributed by atoms with Crippen LogP contribution in [0.1, 0.15) is 61.8 Å². The van der Waals surface area contributed by atoms with Gasteiger partial charge >= 0.3 is 0 Å². The van der Waals surface area contributed by atoms with E-state index in [1.807, 2.05) is 6.92 Å². The van der Waals surface area contributed by atoms with E-state index in [0.717, 1.165) is 6.42 Å². The molecule has 1 atom stereocenters. The molecule has 0 radical (unpaired) electrons. The lowest BCUT2D eigenvalue weighted by Crippen LogP contribution is -2.50.